The summed E-state index contributed by atoms with van der Waals surface area (Å²) in [7, 11) is 0. The lowest BCUT2D eigenvalue weighted by Gasteiger charge is -2.29. The predicted octanol–water partition coefficient (Wildman–Crippen LogP) is 3.91. The Morgan fingerprint density at radius 3 is 2.42 bits per heavy atom. The molecule has 36 heavy (non-hydrogen) atoms. The summed E-state index contributed by atoms with van der Waals surface area (Å²) in [5.74, 6) is -0.660. The average Bonchev–Trinajstić information content (AvgIpc) is 3.15. The van der Waals surface area contributed by atoms with Crippen LogP contribution in [0, 0.1) is 0 Å². The Morgan fingerprint density at radius 1 is 0.917 bits per heavy atom. The molecule has 0 radical (unpaired) electrons. The number of hydrogen-bond donors (Lipinski definition) is 1. The Kier molecular flexibility index (Phi) is 7.39. The molecule has 5 rings (SSSR count). The molecule has 3 heterocycles. The smallest absolute Gasteiger partial charge is 0.295 e. The molecule has 10 heteroatoms. The van der Waals surface area contributed by atoms with Crippen molar-refractivity contribution in [1.82, 2.24) is 9.80 Å². The van der Waals surface area contributed by atoms with E-state index >= 15 is 0 Å². The van der Waals surface area contributed by atoms with Gasteiger partial charge in [-0.3, -0.25) is 14.5 Å². The molecule has 2 aromatic rings. The minimum absolute atomic E-state index is 0.00133. The number of hydrogen-bond acceptors (Lipinski definition) is 7. The van der Waals surface area contributed by atoms with Crippen molar-refractivity contribution in [2.45, 2.75) is 12.5 Å². The monoisotopic (exact) mass is 532 g/mol. The molecule has 3 aliphatic heterocycles. The minimum Gasteiger partial charge on any atom is -0.507 e. The van der Waals surface area contributed by atoms with Gasteiger partial charge in [-0.1, -0.05) is 29.3 Å². The lowest BCUT2D eigenvalue weighted by atomic mass is 9.95. The van der Waals surface area contributed by atoms with Crippen LogP contribution in [-0.4, -0.2) is 79.2 Å². The summed E-state index contributed by atoms with van der Waals surface area (Å²) in [6, 6.07) is 9.09. The maximum absolute atomic E-state index is 13.3. The third-order valence-corrected chi connectivity index (χ3v) is 7.33. The van der Waals surface area contributed by atoms with Crippen molar-refractivity contribution in [3.63, 3.8) is 0 Å². The number of ketones is 1. The lowest BCUT2D eigenvalue weighted by molar-refractivity contribution is -0.140. The molecule has 2 saturated heterocycles. The number of aliphatic hydroxyl groups is 1. The summed E-state index contributed by atoms with van der Waals surface area (Å²) in [4.78, 5) is 30.2. The number of Topliss-reactive ketones (excluding diaryl/α,β-unsaturated/α-hetero) is 1. The largest absolute Gasteiger partial charge is 0.507 e. The van der Waals surface area contributed by atoms with Crippen LogP contribution in [0.15, 0.2) is 42.0 Å². The first-order chi connectivity index (χ1) is 17.4. The van der Waals surface area contributed by atoms with E-state index in [2.05, 4.69) is 4.90 Å². The Bertz CT molecular complexity index is 1210. The number of aliphatic hydroxyl groups excluding tert-OH is 1. The van der Waals surface area contributed by atoms with E-state index in [1.54, 1.807) is 36.4 Å². The fourth-order valence-corrected chi connectivity index (χ4v) is 5.08. The lowest BCUT2D eigenvalue weighted by Crippen LogP contribution is -2.38. The molecule has 0 saturated carbocycles. The third kappa shape index (κ3) is 4.91. The van der Waals surface area contributed by atoms with Crippen LogP contribution < -0.4 is 9.47 Å². The average molecular weight is 533 g/mol. The number of nitrogens with zero attached hydrogens (tertiary/aromatic N) is 2. The highest BCUT2D eigenvalue weighted by molar-refractivity contribution is 6.46. The molecule has 190 valence electrons. The van der Waals surface area contributed by atoms with Crippen LogP contribution >= 0.6 is 23.2 Å². The van der Waals surface area contributed by atoms with Gasteiger partial charge in [0.2, 0.25) is 0 Å². The molecule has 2 fully saturated rings. The van der Waals surface area contributed by atoms with Gasteiger partial charge in [-0.25, -0.2) is 0 Å². The Hall–Kier alpha value is -2.78. The van der Waals surface area contributed by atoms with E-state index in [9.17, 15) is 14.7 Å². The summed E-state index contributed by atoms with van der Waals surface area (Å²) in [5.41, 5.74) is 0.950. The van der Waals surface area contributed by atoms with Crippen molar-refractivity contribution in [3.05, 3.63) is 63.1 Å². The van der Waals surface area contributed by atoms with Gasteiger partial charge >= 0.3 is 0 Å². The molecule has 0 aliphatic carbocycles. The molecule has 8 nitrogen and oxygen atoms in total. The maximum atomic E-state index is 13.3. The summed E-state index contributed by atoms with van der Waals surface area (Å²) < 4.78 is 16.6. The molecule has 0 bridgehead atoms. The van der Waals surface area contributed by atoms with Gasteiger partial charge in [0.25, 0.3) is 11.7 Å². The predicted molar refractivity (Wildman–Crippen MR) is 135 cm³/mol. The number of rotatable bonds is 6. The van der Waals surface area contributed by atoms with E-state index in [1.165, 1.54) is 4.90 Å². The second kappa shape index (κ2) is 10.7. The fraction of sp³-hybridized carbons (Fsp3) is 0.385. The normalized spacial score (nSPS) is 21.7. The van der Waals surface area contributed by atoms with Crippen LogP contribution in [0.5, 0.6) is 11.5 Å². The van der Waals surface area contributed by atoms with Crippen molar-refractivity contribution >= 4 is 40.7 Å². The summed E-state index contributed by atoms with van der Waals surface area (Å²) in [6.07, 6.45) is 0.662. The van der Waals surface area contributed by atoms with Crippen LogP contribution in [0.2, 0.25) is 10.0 Å². The summed E-state index contributed by atoms with van der Waals surface area (Å²) in [5, 5.41) is 12.0. The number of halogens is 2. The SMILES string of the molecule is O=C1C(=O)N(CCCN2CCOCC2)C(c2ccc(Cl)c(Cl)c2)C1=C(O)c1ccc2c(c1)OCCO2. The van der Waals surface area contributed by atoms with Crippen molar-refractivity contribution < 1.29 is 28.9 Å². The van der Waals surface area contributed by atoms with Crippen molar-refractivity contribution in [3.8, 4) is 11.5 Å². The summed E-state index contributed by atoms with van der Waals surface area (Å²) in [6.45, 7) is 4.96. The number of fused-ring (bicyclic) bond motifs is 1. The molecule has 2 aromatic carbocycles. The molecule has 3 aliphatic rings. The quantitative estimate of drug-likeness (QED) is 0.342. The summed E-state index contributed by atoms with van der Waals surface area (Å²) >= 11 is 12.4. The van der Waals surface area contributed by atoms with Crippen LogP contribution in [0.1, 0.15) is 23.6 Å². The topological polar surface area (TPSA) is 88.5 Å². The zero-order valence-corrected chi connectivity index (χ0v) is 21.1. The molecule has 0 aromatic heterocycles. The van der Waals surface area contributed by atoms with Crippen LogP contribution in [0.4, 0.5) is 0 Å². The molecule has 1 amide bonds. The Balaban J connectivity index is 1.50. The number of carbonyl (C=O) groups is 2. The number of likely N-dealkylation sites (tertiary alicyclic amines) is 1. The van der Waals surface area contributed by atoms with E-state index < -0.39 is 17.7 Å². The van der Waals surface area contributed by atoms with Crippen molar-refractivity contribution in [1.29, 1.82) is 0 Å². The molecule has 1 N–H and O–H groups in total. The number of benzene rings is 2. The first-order valence-corrected chi connectivity index (χ1v) is 12.6. The minimum atomic E-state index is -0.808. The second-order valence-electron chi connectivity index (χ2n) is 8.83. The highest BCUT2D eigenvalue weighted by Gasteiger charge is 2.46. The standard InChI is InChI=1S/C26H26Cl2N2O6/c27-18-4-2-16(14-19(18)28)23-22(24(31)17-3-5-20-21(15-17)36-13-12-35-20)25(32)26(33)30(23)7-1-6-29-8-10-34-11-9-29/h2-5,14-15,23,31H,1,6-13H2. The highest BCUT2D eigenvalue weighted by Crippen LogP contribution is 2.42. The number of amides is 1. The molecular formula is C26H26Cl2N2O6. The first-order valence-electron chi connectivity index (χ1n) is 11.9. The third-order valence-electron chi connectivity index (χ3n) is 6.59. The second-order valence-corrected chi connectivity index (χ2v) is 9.65. The number of carbonyl (C=O) groups excluding carboxylic acids is 2. The van der Waals surface area contributed by atoms with Crippen LogP contribution in [0.3, 0.4) is 0 Å². The van der Waals surface area contributed by atoms with E-state index in [1.807, 2.05) is 0 Å². The van der Waals surface area contributed by atoms with Gasteiger partial charge in [0.15, 0.2) is 11.5 Å². The van der Waals surface area contributed by atoms with E-state index in [0.717, 1.165) is 19.6 Å². The van der Waals surface area contributed by atoms with Crippen molar-refractivity contribution in [2.75, 3.05) is 52.6 Å². The fourth-order valence-electron chi connectivity index (χ4n) is 4.78. The number of morpholine rings is 1. The van der Waals surface area contributed by atoms with Gasteiger partial charge in [0, 0.05) is 31.7 Å². The highest BCUT2D eigenvalue weighted by atomic mass is 35.5. The molecule has 1 unspecified atom stereocenters. The van der Waals surface area contributed by atoms with Gasteiger partial charge in [-0.15, -0.1) is 0 Å². The molecule has 0 spiro atoms. The van der Waals surface area contributed by atoms with E-state index in [-0.39, 0.29) is 11.3 Å². The van der Waals surface area contributed by atoms with Crippen LogP contribution in [-0.2, 0) is 14.3 Å². The van der Waals surface area contributed by atoms with Crippen molar-refractivity contribution in [2.24, 2.45) is 0 Å². The first kappa shape index (κ1) is 24.9. The molecular weight excluding hydrogens is 507 g/mol. The Labute approximate surface area is 218 Å². The van der Waals surface area contributed by atoms with Crippen LogP contribution in [0.25, 0.3) is 5.76 Å². The Morgan fingerprint density at radius 2 is 1.67 bits per heavy atom. The van der Waals surface area contributed by atoms with Gasteiger partial charge in [-0.05, 0) is 42.3 Å². The van der Waals surface area contributed by atoms with Gasteiger partial charge in [0.05, 0.1) is 34.9 Å². The van der Waals surface area contributed by atoms with Gasteiger partial charge in [-0.2, -0.15) is 0 Å². The zero-order valence-electron chi connectivity index (χ0n) is 19.5. The van der Waals surface area contributed by atoms with E-state index in [0.29, 0.717) is 72.1 Å². The number of ether oxygens (including phenoxy) is 3. The maximum Gasteiger partial charge on any atom is 0.295 e. The van der Waals surface area contributed by atoms with Gasteiger partial charge < -0.3 is 24.2 Å². The zero-order chi connectivity index (χ0) is 25.2. The molecule has 1 atom stereocenters. The van der Waals surface area contributed by atoms with Gasteiger partial charge in [0.1, 0.15) is 19.0 Å². The van der Waals surface area contributed by atoms with E-state index in [4.69, 9.17) is 37.4 Å².